The number of esters is 1. The van der Waals surface area contributed by atoms with Crippen molar-refractivity contribution in [1.29, 1.82) is 0 Å². The number of rotatable bonds is 6. The van der Waals surface area contributed by atoms with Crippen molar-refractivity contribution >= 4 is 30.0 Å². The van der Waals surface area contributed by atoms with E-state index in [0.717, 1.165) is 0 Å². The Morgan fingerprint density at radius 2 is 2.09 bits per heavy atom. The zero-order valence-corrected chi connectivity index (χ0v) is 13.0. The second-order valence-corrected chi connectivity index (χ2v) is 4.41. The molecule has 1 amide bonds. The maximum Gasteiger partial charge on any atom is 0.307 e. The summed E-state index contributed by atoms with van der Waals surface area (Å²) >= 11 is 0. The molecule has 0 saturated heterocycles. The van der Waals surface area contributed by atoms with E-state index in [1.165, 1.54) is 13.2 Å². The van der Waals surface area contributed by atoms with Crippen LogP contribution in [0.5, 0.6) is 0 Å². The number of carbonyl (C=O) groups excluding carboxylic acids is 2. The van der Waals surface area contributed by atoms with Gasteiger partial charge < -0.3 is 15.8 Å². The van der Waals surface area contributed by atoms with E-state index in [9.17, 15) is 19.7 Å². The molecule has 22 heavy (non-hydrogen) atoms. The number of benzene rings is 1. The van der Waals surface area contributed by atoms with Crippen LogP contribution in [0.1, 0.15) is 23.6 Å². The molecule has 1 unspecified atom stereocenters. The summed E-state index contributed by atoms with van der Waals surface area (Å²) in [5.74, 6) is -1.01. The number of nitrogens with one attached hydrogen (secondary N) is 1. The summed E-state index contributed by atoms with van der Waals surface area (Å²) in [6.07, 6.45) is -0.136. The predicted octanol–water partition coefficient (Wildman–Crippen LogP) is 1.00. The Kier molecular flexibility index (Phi) is 8.06. The zero-order chi connectivity index (χ0) is 16.0. The van der Waals surface area contributed by atoms with Crippen LogP contribution in [-0.2, 0) is 14.3 Å². The van der Waals surface area contributed by atoms with Crippen molar-refractivity contribution in [3.05, 3.63) is 39.4 Å². The minimum atomic E-state index is -0.729. The summed E-state index contributed by atoms with van der Waals surface area (Å²) in [6.45, 7) is 1.36. The largest absolute Gasteiger partial charge is 0.469 e. The SMILES string of the molecule is COC(=O)CC(NC(=O)CN)c1ccc(C)c([N+](=O)[O-])c1.Cl. The lowest BCUT2D eigenvalue weighted by atomic mass is 10.0. The molecule has 122 valence electrons. The van der Waals surface area contributed by atoms with E-state index in [4.69, 9.17) is 5.73 Å². The van der Waals surface area contributed by atoms with Crippen molar-refractivity contribution in [2.75, 3.05) is 13.7 Å². The Bertz CT molecular complexity index is 547. The first-order valence-corrected chi connectivity index (χ1v) is 6.20. The summed E-state index contributed by atoms with van der Waals surface area (Å²) in [7, 11) is 1.22. The highest BCUT2D eigenvalue weighted by molar-refractivity contribution is 5.85. The Morgan fingerprint density at radius 3 is 2.59 bits per heavy atom. The highest BCUT2D eigenvalue weighted by Crippen LogP contribution is 2.25. The van der Waals surface area contributed by atoms with Crippen LogP contribution in [0.15, 0.2) is 18.2 Å². The summed E-state index contributed by atoms with van der Waals surface area (Å²) in [4.78, 5) is 33.3. The topological polar surface area (TPSA) is 125 Å². The third-order valence-corrected chi connectivity index (χ3v) is 2.95. The number of carbonyl (C=O) groups is 2. The molecule has 0 saturated carbocycles. The lowest BCUT2D eigenvalue weighted by Crippen LogP contribution is -2.35. The lowest BCUT2D eigenvalue weighted by molar-refractivity contribution is -0.385. The molecule has 0 aliphatic heterocycles. The first-order valence-electron chi connectivity index (χ1n) is 6.20. The van der Waals surface area contributed by atoms with Crippen LogP contribution < -0.4 is 11.1 Å². The minimum Gasteiger partial charge on any atom is -0.469 e. The van der Waals surface area contributed by atoms with E-state index in [-0.39, 0.29) is 31.1 Å². The van der Waals surface area contributed by atoms with Gasteiger partial charge in [0.15, 0.2) is 0 Å². The van der Waals surface area contributed by atoms with Crippen molar-refractivity contribution in [1.82, 2.24) is 5.32 Å². The molecule has 8 nitrogen and oxygen atoms in total. The first kappa shape index (κ1) is 19.8. The van der Waals surface area contributed by atoms with Gasteiger partial charge in [-0.3, -0.25) is 19.7 Å². The molecule has 0 fully saturated rings. The number of nitro groups is 1. The van der Waals surface area contributed by atoms with Gasteiger partial charge in [-0.2, -0.15) is 0 Å². The molecule has 3 N–H and O–H groups in total. The normalized spacial score (nSPS) is 11.0. The van der Waals surface area contributed by atoms with Crippen molar-refractivity contribution in [3.63, 3.8) is 0 Å². The fourth-order valence-corrected chi connectivity index (χ4v) is 1.80. The van der Waals surface area contributed by atoms with Gasteiger partial charge in [-0.1, -0.05) is 12.1 Å². The number of methoxy groups -OCH3 is 1. The molecular formula is C13H18ClN3O5. The first-order chi connectivity index (χ1) is 9.88. The Balaban J connectivity index is 0.00000441. The molecule has 1 aromatic rings. The molecule has 0 radical (unpaired) electrons. The van der Waals surface area contributed by atoms with Crippen molar-refractivity contribution < 1.29 is 19.2 Å². The van der Waals surface area contributed by atoms with E-state index in [1.54, 1.807) is 19.1 Å². The van der Waals surface area contributed by atoms with E-state index in [0.29, 0.717) is 11.1 Å². The van der Waals surface area contributed by atoms with Crippen LogP contribution in [0.2, 0.25) is 0 Å². The summed E-state index contributed by atoms with van der Waals surface area (Å²) in [6, 6.07) is 3.78. The standard InChI is InChI=1S/C13H17N3O5.ClH/c1-8-3-4-9(5-11(8)16(19)20)10(6-13(18)21-2)15-12(17)7-14;/h3-5,10H,6-7,14H2,1-2H3,(H,15,17);1H. The number of nitrogens with zero attached hydrogens (tertiary/aromatic N) is 1. The number of halogens is 1. The van der Waals surface area contributed by atoms with Crippen LogP contribution in [0.25, 0.3) is 0 Å². The number of aryl methyl sites for hydroxylation is 1. The summed E-state index contributed by atoms with van der Waals surface area (Å²) in [5.41, 5.74) is 6.08. The van der Waals surface area contributed by atoms with Gasteiger partial charge in [0.1, 0.15) is 0 Å². The molecule has 9 heteroatoms. The van der Waals surface area contributed by atoms with Gasteiger partial charge in [0.2, 0.25) is 5.91 Å². The fraction of sp³-hybridized carbons (Fsp3) is 0.385. The van der Waals surface area contributed by atoms with Crippen LogP contribution in [0.3, 0.4) is 0 Å². The number of amides is 1. The molecule has 0 aliphatic carbocycles. The van der Waals surface area contributed by atoms with Crippen molar-refractivity contribution in [2.24, 2.45) is 5.73 Å². The van der Waals surface area contributed by atoms with E-state index >= 15 is 0 Å². The molecule has 1 aromatic carbocycles. The van der Waals surface area contributed by atoms with Gasteiger partial charge in [-0.15, -0.1) is 12.4 Å². The average molecular weight is 332 g/mol. The molecular weight excluding hydrogens is 314 g/mol. The number of hydrogen-bond donors (Lipinski definition) is 2. The van der Waals surface area contributed by atoms with Crippen molar-refractivity contribution in [2.45, 2.75) is 19.4 Å². The fourth-order valence-electron chi connectivity index (χ4n) is 1.80. The number of nitro benzene ring substituents is 1. The molecule has 0 bridgehead atoms. The monoisotopic (exact) mass is 331 g/mol. The predicted molar refractivity (Wildman–Crippen MR) is 81.7 cm³/mol. The number of hydrogen-bond acceptors (Lipinski definition) is 6. The van der Waals surface area contributed by atoms with Crippen LogP contribution in [0.4, 0.5) is 5.69 Å². The van der Waals surface area contributed by atoms with E-state index < -0.39 is 22.8 Å². The number of nitrogens with two attached hydrogens (primary N) is 1. The second-order valence-electron chi connectivity index (χ2n) is 4.41. The Morgan fingerprint density at radius 1 is 1.45 bits per heavy atom. The smallest absolute Gasteiger partial charge is 0.307 e. The van der Waals surface area contributed by atoms with Gasteiger partial charge in [0.25, 0.3) is 5.69 Å². The molecule has 1 rings (SSSR count). The highest BCUT2D eigenvalue weighted by atomic mass is 35.5. The van der Waals surface area contributed by atoms with Gasteiger partial charge in [0, 0.05) is 11.6 Å². The van der Waals surface area contributed by atoms with E-state index in [2.05, 4.69) is 10.1 Å². The third-order valence-electron chi connectivity index (χ3n) is 2.95. The molecule has 0 aromatic heterocycles. The summed E-state index contributed by atoms with van der Waals surface area (Å²) in [5, 5.41) is 13.5. The average Bonchev–Trinajstić information content (AvgIpc) is 2.46. The van der Waals surface area contributed by atoms with Crippen LogP contribution >= 0.6 is 12.4 Å². The maximum atomic E-state index is 11.4. The molecule has 1 atom stereocenters. The third kappa shape index (κ3) is 5.30. The van der Waals surface area contributed by atoms with Gasteiger partial charge in [0.05, 0.1) is 31.0 Å². The molecule has 0 aliphatic rings. The van der Waals surface area contributed by atoms with Gasteiger partial charge >= 0.3 is 5.97 Å². The van der Waals surface area contributed by atoms with Crippen LogP contribution in [0, 0.1) is 17.0 Å². The Hall–Kier alpha value is -2.19. The maximum absolute atomic E-state index is 11.4. The molecule has 0 heterocycles. The van der Waals surface area contributed by atoms with Gasteiger partial charge in [-0.25, -0.2) is 0 Å². The quantitative estimate of drug-likeness (QED) is 0.455. The van der Waals surface area contributed by atoms with Crippen molar-refractivity contribution in [3.8, 4) is 0 Å². The number of ether oxygens (including phenoxy) is 1. The second kappa shape index (κ2) is 8.96. The Labute approximate surface area is 133 Å². The highest BCUT2D eigenvalue weighted by Gasteiger charge is 2.21. The van der Waals surface area contributed by atoms with Gasteiger partial charge in [-0.05, 0) is 12.5 Å². The summed E-state index contributed by atoms with van der Waals surface area (Å²) < 4.78 is 4.56. The molecule has 0 spiro atoms. The lowest BCUT2D eigenvalue weighted by Gasteiger charge is -2.18. The van der Waals surface area contributed by atoms with E-state index in [1.807, 2.05) is 0 Å². The van der Waals surface area contributed by atoms with Crippen LogP contribution in [-0.4, -0.2) is 30.5 Å². The zero-order valence-electron chi connectivity index (χ0n) is 12.2. The minimum absolute atomic E-state index is 0.